The Morgan fingerprint density at radius 2 is 1.60 bits per heavy atom. The highest BCUT2D eigenvalue weighted by molar-refractivity contribution is 5.79. The van der Waals surface area contributed by atoms with Gasteiger partial charge in [0.05, 0.1) is 12.6 Å². The third kappa shape index (κ3) is 4.20. The van der Waals surface area contributed by atoms with Crippen LogP contribution in [0.15, 0.2) is 84.4 Å². The first-order valence-electron chi connectivity index (χ1n) is 12.4. The van der Waals surface area contributed by atoms with Crippen molar-refractivity contribution in [2.45, 2.75) is 43.7 Å². The Morgan fingerprint density at radius 3 is 2.29 bits per heavy atom. The Labute approximate surface area is 205 Å². The normalized spacial score (nSPS) is 20.3. The summed E-state index contributed by atoms with van der Waals surface area (Å²) in [6, 6.07) is 23.2. The van der Waals surface area contributed by atoms with Crippen LogP contribution in [0.2, 0.25) is 0 Å². The van der Waals surface area contributed by atoms with Gasteiger partial charge in [-0.05, 0) is 65.8 Å². The predicted octanol–water partition coefficient (Wildman–Crippen LogP) is 6.71. The van der Waals surface area contributed by atoms with Crippen LogP contribution in [0.1, 0.15) is 42.7 Å². The topological polar surface area (TPSA) is 38.8 Å². The van der Waals surface area contributed by atoms with Crippen molar-refractivity contribution >= 4 is 6.09 Å². The van der Waals surface area contributed by atoms with Gasteiger partial charge in [-0.25, -0.2) is 9.18 Å². The number of fused-ring (bicyclic) bond motifs is 5. The molecule has 3 aromatic carbocycles. The van der Waals surface area contributed by atoms with Crippen molar-refractivity contribution in [3.63, 3.8) is 0 Å². The van der Waals surface area contributed by atoms with Gasteiger partial charge in [0.1, 0.15) is 18.2 Å². The van der Waals surface area contributed by atoms with Crippen molar-refractivity contribution in [3.8, 4) is 16.9 Å². The Morgan fingerprint density at radius 1 is 0.914 bits per heavy atom. The van der Waals surface area contributed by atoms with Crippen molar-refractivity contribution in [3.05, 3.63) is 101 Å². The van der Waals surface area contributed by atoms with E-state index in [0.29, 0.717) is 19.0 Å². The highest BCUT2D eigenvalue weighted by atomic mass is 19.1. The van der Waals surface area contributed by atoms with Crippen LogP contribution in [0.4, 0.5) is 9.18 Å². The SMILES string of the molecule is O=C(OCC1c2ccccc2-c2ccccc21)N1C2C=C(CCOc3ccc(F)cc3)CC1CC2. The van der Waals surface area contributed by atoms with E-state index in [4.69, 9.17) is 9.47 Å². The van der Waals surface area contributed by atoms with Gasteiger partial charge in [-0.2, -0.15) is 0 Å². The third-order valence-electron chi connectivity index (χ3n) is 7.52. The van der Waals surface area contributed by atoms with E-state index in [1.54, 1.807) is 12.1 Å². The molecule has 4 nitrogen and oxygen atoms in total. The first-order chi connectivity index (χ1) is 17.2. The van der Waals surface area contributed by atoms with E-state index in [9.17, 15) is 9.18 Å². The molecule has 0 spiro atoms. The number of nitrogens with zero attached hydrogens (tertiary/aromatic N) is 1. The molecule has 0 saturated carbocycles. The van der Waals surface area contributed by atoms with Crippen molar-refractivity contribution in [1.82, 2.24) is 4.90 Å². The molecule has 0 aromatic heterocycles. The van der Waals surface area contributed by atoms with E-state index >= 15 is 0 Å². The number of carbonyl (C=O) groups is 1. The molecule has 178 valence electrons. The fourth-order valence-electron chi connectivity index (χ4n) is 5.89. The van der Waals surface area contributed by atoms with Crippen LogP contribution in [0.5, 0.6) is 5.75 Å². The van der Waals surface area contributed by atoms with Gasteiger partial charge in [0.2, 0.25) is 0 Å². The van der Waals surface area contributed by atoms with Gasteiger partial charge >= 0.3 is 6.09 Å². The van der Waals surface area contributed by atoms with Gasteiger partial charge < -0.3 is 9.47 Å². The lowest BCUT2D eigenvalue weighted by Gasteiger charge is -2.33. The maximum absolute atomic E-state index is 13.2. The van der Waals surface area contributed by atoms with Crippen LogP contribution in [-0.4, -0.2) is 36.3 Å². The second-order valence-electron chi connectivity index (χ2n) is 9.59. The van der Waals surface area contributed by atoms with Gasteiger partial charge in [-0.3, -0.25) is 4.90 Å². The molecule has 1 fully saturated rings. The van der Waals surface area contributed by atoms with Gasteiger partial charge in [-0.15, -0.1) is 0 Å². The standard InChI is InChI=1S/C30H28FNO3/c31-21-9-13-24(14-10-21)34-16-15-20-17-22-11-12-23(18-20)32(22)30(33)35-19-29-27-7-3-1-5-25(27)26-6-2-4-8-28(26)29/h1-10,13-14,17,22-23,29H,11-12,15-16,18-19H2. The monoisotopic (exact) mass is 469 g/mol. The lowest BCUT2D eigenvalue weighted by Crippen LogP contribution is -2.43. The van der Waals surface area contributed by atoms with E-state index in [0.717, 1.165) is 25.7 Å². The summed E-state index contributed by atoms with van der Waals surface area (Å²) >= 11 is 0. The van der Waals surface area contributed by atoms with Crippen molar-refractivity contribution in [2.75, 3.05) is 13.2 Å². The number of hydrogen-bond acceptors (Lipinski definition) is 3. The number of carbonyl (C=O) groups excluding carboxylic acids is 1. The molecule has 2 heterocycles. The summed E-state index contributed by atoms with van der Waals surface area (Å²) in [7, 11) is 0. The van der Waals surface area contributed by atoms with Crippen LogP contribution in [0.25, 0.3) is 11.1 Å². The number of amides is 1. The van der Waals surface area contributed by atoms with E-state index in [1.165, 1.54) is 40.0 Å². The highest BCUT2D eigenvalue weighted by Crippen LogP contribution is 2.45. The maximum atomic E-state index is 13.2. The number of ether oxygens (including phenoxy) is 2. The van der Waals surface area contributed by atoms with E-state index in [2.05, 4.69) is 54.6 Å². The number of benzene rings is 3. The molecule has 3 aromatic rings. The zero-order valence-electron chi connectivity index (χ0n) is 19.5. The average molecular weight is 470 g/mol. The van der Waals surface area contributed by atoms with Crippen LogP contribution in [-0.2, 0) is 4.74 Å². The van der Waals surface area contributed by atoms with Crippen LogP contribution in [0.3, 0.4) is 0 Å². The minimum atomic E-state index is -0.266. The van der Waals surface area contributed by atoms with E-state index in [-0.39, 0.29) is 29.9 Å². The summed E-state index contributed by atoms with van der Waals surface area (Å²) in [6.07, 6.45) is 5.64. The van der Waals surface area contributed by atoms with Crippen LogP contribution >= 0.6 is 0 Å². The summed E-state index contributed by atoms with van der Waals surface area (Å²) in [4.78, 5) is 15.1. The first-order valence-corrected chi connectivity index (χ1v) is 12.4. The molecule has 0 radical (unpaired) electrons. The largest absolute Gasteiger partial charge is 0.493 e. The minimum absolute atomic E-state index is 0.0727. The van der Waals surface area contributed by atoms with Crippen molar-refractivity contribution in [1.29, 1.82) is 0 Å². The van der Waals surface area contributed by atoms with Gasteiger partial charge in [0.25, 0.3) is 0 Å². The predicted molar refractivity (Wildman–Crippen MR) is 133 cm³/mol. The molecule has 1 aliphatic carbocycles. The molecular formula is C30H28FNO3. The molecule has 2 aliphatic heterocycles. The number of halogens is 1. The van der Waals surface area contributed by atoms with Crippen molar-refractivity contribution < 1.29 is 18.7 Å². The summed E-state index contributed by atoms with van der Waals surface area (Å²) < 4.78 is 24.8. The quantitative estimate of drug-likeness (QED) is 0.377. The van der Waals surface area contributed by atoms with Crippen molar-refractivity contribution in [2.24, 2.45) is 0 Å². The molecule has 1 amide bonds. The Kier molecular flexibility index (Phi) is 5.77. The summed E-state index contributed by atoms with van der Waals surface area (Å²) in [5.41, 5.74) is 6.25. The second kappa shape index (κ2) is 9.21. The number of hydrogen-bond donors (Lipinski definition) is 0. The first kappa shape index (κ1) is 21.9. The molecule has 2 unspecified atom stereocenters. The molecule has 6 rings (SSSR count). The van der Waals surface area contributed by atoms with E-state index in [1.807, 2.05) is 4.90 Å². The Balaban J connectivity index is 1.08. The van der Waals surface area contributed by atoms with Gasteiger partial charge in [0, 0.05) is 18.4 Å². The number of rotatable bonds is 6. The smallest absolute Gasteiger partial charge is 0.410 e. The lowest BCUT2D eigenvalue weighted by molar-refractivity contribution is 0.0847. The molecule has 1 saturated heterocycles. The Bertz CT molecular complexity index is 1220. The molecule has 2 bridgehead atoms. The fourth-order valence-corrected chi connectivity index (χ4v) is 5.89. The average Bonchev–Trinajstić information content (AvgIpc) is 3.35. The lowest BCUT2D eigenvalue weighted by atomic mass is 9.98. The summed E-state index contributed by atoms with van der Waals surface area (Å²) in [5.74, 6) is 0.479. The molecule has 3 aliphatic rings. The van der Waals surface area contributed by atoms with Crippen LogP contribution < -0.4 is 4.74 Å². The van der Waals surface area contributed by atoms with Gasteiger partial charge in [0.15, 0.2) is 0 Å². The molecule has 0 N–H and O–H groups in total. The van der Waals surface area contributed by atoms with E-state index < -0.39 is 0 Å². The highest BCUT2D eigenvalue weighted by Gasteiger charge is 2.41. The third-order valence-corrected chi connectivity index (χ3v) is 7.52. The summed E-state index contributed by atoms with van der Waals surface area (Å²) in [6.45, 7) is 0.896. The molecule has 35 heavy (non-hydrogen) atoms. The maximum Gasteiger partial charge on any atom is 0.410 e. The molecule has 5 heteroatoms. The second-order valence-corrected chi connectivity index (χ2v) is 9.59. The fraction of sp³-hybridized carbons (Fsp3) is 0.300. The molecule has 2 atom stereocenters. The minimum Gasteiger partial charge on any atom is -0.493 e. The summed E-state index contributed by atoms with van der Waals surface area (Å²) in [5, 5.41) is 0. The van der Waals surface area contributed by atoms with Gasteiger partial charge in [-0.1, -0.05) is 60.2 Å². The molecular weight excluding hydrogens is 441 g/mol. The Hall–Kier alpha value is -3.60. The zero-order chi connectivity index (χ0) is 23.8. The van der Waals surface area contributed by atoms with Crippen LogP contribution in [0, 0.1) is 5.82 Å². The zero-order valence-corrected chi connectivity index (χ0v) is 19.5.